The lowest BCUT2D eigenvalue weighted by atomic mass is 10.1. The van der Waals surface area contributed by atoms with Crippen LogP contribution in [0.3, 0.4) is 0 Å². The number of benzene rings is 1. The number of sulfonamides is 1. The molecule has 1 aliphatic rings. The Balaban J connectivity index is 1.51. The molecule has 1 aliphatic heterocycles. The SMILES string of the molecule is Cc1cc(C(F)(F)F)c2c(C)nn(CC(=O)N3CCN(S(=O)(=O)c4ccccc4)CC3)c2n1. The Hall–Kier alpha value is -2.99. The summed E-state index contributed by atoms with van der Waals surface area (Å²) in [5.41, 5.74) is -0.529. The Morgan fingerprint density at radius 3 is 2.30 bits per heavy atom. The van der Waals surface area contributed by atoms with Crippen LogP contribution < -0.4 is 0 Å². The van der Waals surface area contributed by atoms with Crippen LogP contribution in [0.4, 0.5) is 13.2 Å². The fraction of sp³-hybridized carbons (Fsp3) is 0.381. The molecule has 0 atom stereocenters. The summed E-state index contributed by atoms with van der Waals surface area (Å²) in [7, 11) is -3.66. The monoisotopic (exact) mass is 481 g/mol. The molecule has 2 aromatic heterocycles. The molecule has 0 aliphatic carbocycles. The quantitative estimate of drug-likeness (QED) is 0.572. The Labute approximate surface area is 188 Å². The zero-order valence-electron chi connectivity index (χ0n) is 18.0. The molecule has 0 radical (unpaired) electrons. The van der Waals surface area contributed by atoms with Crippen LogP contribution >= 0.6 is 0 Å². The number of hydrogen-bond donors (Lipinski definition) is 0. The first-order chi connectivity index (χ1) is 15.5. The average Bonchev–Trinajstić information content (AvgIpc) is 3.08. The van der Waals surface area contributed by atoms with Crippen LogP contribution in [-0.4, -0.2) is 64.5 Å². The molecule has 0 saturated carbocycles. The van der Waals surface area contributed by atoms with Gasteiger partial charge in [0.15, 0.2) is 5.65 Å². The fourth-order valence-corrected chi connectivity index (χ4v) is 5.40. The summed E-state index contributed by atoms with van der Waals surface area (Å²) in [6, 6.07) is 9.01. The molecule has 1 amide bonds. The summed E-state index contributed by atoms with van der Waals surface area (Å²) in [6.45, 7) is 3.20. The molecule has 0 bridgehead atoms. The maximum atomic E-state index is 13.5. The number of aryl methyl sites for hydroxylation is 2. The second-order valence-electron chi connectivity index (χ2n) is 7.85. The van der Waals surface area contributed by atoms with E-state index < -0.39 is 21.8 Å². The molecule has 176 valence electrons. The number of nitrogens with zero attached hydrogens (tertiary/aromatic N) is 5. The van der Waals surface area contributed by atoms with E-state index in [1.165, 1.54) is 39.9 Å². The Morgan fingerprint density at radius 2 is 1.70 bits per heavy atom. The van der Waals surface area contributed by atoms with Crippen molar-refractivity contribution in [2.24, 2.45) is 0 Å². The van der Waals surface area contributed by atoms with Crippen molar-refractivity contribution in [3.63, 3.8) is 0 Å². The summed E-state index contributed by atoms with van der Waals surface area (Å²) in [4.78, 5) is 18.7. The van der Waals surface area contributed by atoms with Crippen LogP contribution in [-0.2, 0) is 27.5 Å². The highest BCUT2D eigenvalue weighted by atomic mass is 32.2. The van der Waals surface area contributed by atoms with E-state index in [4.69, 9.17) is 0 Å². The molecule has 1 aromatic carbocycles. The van der Waals surface area contributed by atoms with Crippen LogP contribution in [0.15, 0.2) is 41.3 Å². The smallest absolute Gasteiger partial charge is 0.338 e. The van der Waals surface area contributed by atoms with Gasteiger partial charge in [0, 0.05) is 31.9 Å². The summed E-state index contributed by atoms with van der Waals surface area (Å²) >= 11 is 0. The van der Waals surface area contributed by atoms with Crippen LogP contribution in [0, 0.1) is 13.8 Å². The van der Waals surface area contributed by atoms with Gasteiger partial charge in [0.25, 0.3) is 0 Å². The molecular weight excluding hydrogens is 459 g/mol. The molecule has 3 aromatic rings. The fourth-order valence-electron chi connectivity index (χ4n) is 3.96. The molecule has 1 fully saturated rings. The van der Waals surface area contributed by atoms with Gasteiger partial charge in [-0.05, 0) is 32.0 Å². The number of piperazine rings is 1. The van der Waals surface area contributed by atoms with Crippen molar-refractivity contribution in [2.45, 2.75) is 31.5 Å². The highest BCUT2D eigenvalue weighted by molar-refractivity contribution is 7.89. The number of fused-ring (bicyclic) bond motifs is 1. The van der Waals surface area contributed by atoms with Gasteiger partial charge in [0.2, 0.25) is 15.9 Å². The first-order valence-electron chi connectivity index (χ1n) is 10.2. The van der Waals surface area contributed by atoms with Crippen molar-refractivity contribution in [3.05, 3.63) is 53.3 Å². The highest BCUT2D eigenvalue weighted by Crippen LogP contribution is 2.36. The van der Waals surface area contributed by atoms with Gasteiger partial charge in [0.05, 0.1) is 21.5 Å². The second-order valence-corrected chi connectivity index (χ2v) is 9.79. The van der Waals surface area contributed by atoms with Crippen molar-refractivity contribution in [1.82, 2.24) is 24.0 Å². The third kappa shape index (κ3) is 4.44. The predicted octanol–water partition coefficient (Wildman–Crippen LogP) is 2.60. The van der Waals surface area contributed by atoms with Crippen molar-refractivity contribution in [1.29, 1.82) is 0 Å². The summed E-state index contributed by atoms with van der Waals surface area (Å²) < 4.78 is 68.5. The first kappa shape index (κ1) is 23.2. The minimum atomic E-state index is -4.57. The van der Waals surface area contributed by atoms with Crippen molar-refractivity contribution >= 4 is 27.0 Å². The van der Waals surface area contributed by atoms with Gasteiger partial charge >= 0.3 is 6.18 Å². The van der Waals surface area contributed by atoms with E-state index in [-0.39, 0.29) is 65.9 Å². The average molecular weight is 482 g/mol. The number of aromatic nitrogens is 3. The van der Waals surface area contributed by atoms with E-state index in [0.29, 0.717) is 0 Å². The summed E-state index contributed by atoms with van der Waals surface area (Å²) in [6.07, 6.45) is -4.57. The molecule has 8 nitrogen and oxygen atoms in total. The lowest BCUT2D eigenvalue weighted by Crippen LogP contribution is -2.51. The van der Waals surface area contributed by atoms with Crippen molar-refractivity contribution in [3.8, 4) is 0 Å². The molecule has 33 heavy (non-hydrogen) atoms. The van der Waals surface area contributed by atoms with Crippen LogP contribution in [0.2, 0.25) is 0 Å². The number of hydrogen-bond acceptors (Lipinski definition) is 5. The maximum Gasteiger partial charge on any atom is 0.417 e. The Morgan fingerprint density at radius 1 is 1.06 bits per heavy atom. The lowest BCUT2D eigenvalue weighted by molar-refractivity contribution is -0.136. The normalized spacial score (nSPS) is 15.8. The van der Waals surface area contributed by atoms with E-state index in [2.05, 4.69) is 10.1 Å². The second kappa shape index (κ2) is 8.41. The predicted molar refractivity (Wildman–Crippen MR) is 114 cm³/mol. The third-order valence-corrected chi connectivity index (χ3v) is 7.48. The molecule has 0 unspecified atom stereocenters. The number of alkyl halides is 3. The van der Waals surface area contributed by atoms with E-state index in [9.17, 15) is 26.4 Å². The van der Waals surface area contributed by atoms with Gasteiger partial charge in [-0.3, -0.25) is 4.79 Å². The molecule has 3 heterocycles. The number of carbonyl (C=O) groups excluding carboxylic acids is 1. The topological polar surface area (TPSA) is 88.4 Å². The first-order valence-corrected chi connectivity index (χ1v) is 11.7. The number of rotatable bonds is 4. The standard InChI is InChI=1S/C21H22F3N5O3S/c1-14-12-17(21(22,23)24)19-15(2)26-29(20(19)25-14)13-18(30)27-8-10-28(11-9-27)33(31,32)16-6-4-3-5-7-16/h3-7,12H,8-11,13H2,1-2H3. The Kier molecular flexibility index (Phi) is 5.91. The van der Waals surface area contributed by atoms with Gasteiger partial charge < -0.3 is 4.90 Å². The zero-order chi connectivity index (χ0) is 24.0. The number of amides is 1. The molecule has 0 spiro atoms. The van der Waals surface area contributed by atoms with Gasteiger partial charge in [-0.25, -0.2) is 18.1 Å². The van der Waals surface area contributed by atoms with Crippen LogP contribution in [0.5, 0.6) is 0 Å². The zero-order valence-corrected chi connectivity index (χ0v) is 18.8. The van der Waals surface area contributed by atoms with E-state index in [1.807, 2.05) is 0 Å². The van der Waals surface area contributed by atoms with Gasteiger partial charge in [0.1, 0.15) is 6.54 Å². The summed E-state index contributed by atoms with van der Waals surface area (Å²) in [5.74, 6) is -0.368. The van der Waals surface area contributed by atoms with Crippen LogP contribution in [0.1, 0.15) is 17.0 Å². The third-order valence-electron chi connectivity index (χ3n) is 5.57. The minimum absolute atomic E-state index is 0.00142. The van der Waals surface area contributed by atoms with Gasteiger partial charge in [-0.1, -0.05) is 18.2 Å². The molecule has 4 rings (SSSR count). The van der Waals surface area contributed by atoms with Gasteiger partial charge in [-0.15, -0.1) is 0 Å². The summed E-state index contributed by atoms with van der Waals surface area (Å²) in [5, 5.41) is 4.01. The van der Waals surface area contributed by atoms with Crippen molar-refractivity contribution < 1.29 is 26.4 Å². The van der Waals surface area contributed by atoms with Gasteiger partial charge in [-0.2, -0.15) is 22.6 Å². The van der Waals surface area contributed by atoms with E-state index in [0.717, 1.165) is 6.07 Å². The van der Waals surface area contributed by atoms with E-state index >= 15 is 0 Å². The van der Waals surface area contributed by atoms with E-state index in [1.54, 1.807) is 18.2 Å². The molecule has 1 saturated heterocycles. The number of halogens is 3. The number of pyridine rings is 1. The molecule has 0 N–H and O–H groups in total. The largest absolute Gasteiger partial charge is 0.417 e. The van der Waals surface area contributed by atoms with Crippen LogP contribution in [0.25, 0.3) is 11.0 Å². The minimum Gasteiger partial charge on any atom is -0.338 e. The molecule has 12 heteroatoms. The lowest BCUT2D eigenvalue weighted by Gasteiger charge is -2.34. The number of carbonyl (C=O) groups is 1. The maximum absolute atomic E-state index is 13.5. The Bertz CT molecular complexity index is 1300. The molecular formula is C21H22F3N5O3S. The highest BCUT2D eigenvalue weighted by Gasteiger charge is 2.36. The van der Waals surface area contributed by atoms with Crippen molar-refractivity contribution in [2.75, 3.05) is 26.2 Å².